The molecule has 4 nitrogen and oxygen atoms in total. The lowest BCUT2D eigenvalue weighted by Crippen LogP contribution is -3.06. The Balaban J connectivity index is 0.00000192. The minimum absolute atomic E-state index is 0. The summed E-state index contributed by atoms with van der Waals surface area (Å²) in [5, 5.41) is 4.52. The van der Waals surface area contributed by atoms with Crippen LogP contribution in [0.4, 0.5) is 5.82 Å². The molecule has 0 radical (unpaired) electrons. The molecule has 0 fully saturated rings. The molecule has 2 aromatic carbocycles. The average Bonchev–Trinajstić information content (AvgIpc) is 2.55. The van der Waals surface area contributed by atoms with Crippen LogP contribution in [-0.2, 0) is 0 Å². The van der Waals surface area contributed by atoms with Gasteiger partial charge < -0.3 is 22.6 Å². The van der Waals surface area contributed by atoms with Crippen LogP contribution in [0, 0.1) is 0 Å². The third kappa shape index (κ3) is 4.18. The predicted octanol–water partition coefficient (Wildman–Crippen LogP) is -1.14. The normalized spacial score (nSPS) is 10.6. The Morgan fingerprint density at radius 3 is 2.35 bits per heavy atom. The fraction of sp³-hybridized carbons (Fsp3) is 0.222. The van der Waals surface area contributed by atoms with E-state index < -0.39 is 0 Å². The van der Waals surface area contributed by atoms with Gasteiger partial charge in [-0.05, 0) is 12.1 Å². The van der Waals surface area contributed by atoms with E-state index in [4.69, 9.17) is 9.97 Å². The number of nitrogens with one attached hydrogen (secondary N) is 2. The third-order valence-electron chi connectivity index (χ3n) is 3.55. The van der Waals surface area contributed by atoms with Crippen molar-refractivity contribution in [2.24, 2.45) is 0 Å². The van der Waals surface area contributed by atoms with E-state index in [1.165, 1.54) is 4.90 Å². The number of para-hydroxylation sites is 1. The van der Waals surface area contributed by atoms with Gasteiger partial charge >= 0.3 is 0 Å². The van der Waals surface area contributed by atoms with Crippen LogP contribution in [0.3, 0.4) is 0 Å². The molecule has 0 unspecified atom stereocenters. The van der Waals surface area contributed by atoms with Crippen LogP contribution in [0.1, 0.15) is 0 Å². The number of halogens is 1. The molecule has 3 rings (SSSR count). The lowest BCUT2D eigenvalue weighted by Gasteiger charge is -2.12. The topological polar surface area (TPSA) is 42.2 Å². The van der Waals surface area contributed by atoms with E-state index in [-0.39, 0.29) is 12.4 Å². The molecule has 120 valence electrons. The quantitative estimate of drug-likeness (QED) is 0.622. The maximum atomic E-state index is 4.74. The lowest BCUT2D eigenvalue weighted by molar-refractivity contribution is -0.856. The molecular formula is C18H21ClN4. The van der Waals surface area contributed by atoms with E-state index in [0.29, 0.717) is 0 Å². The van der Waals surface area contributed by atoms with E-state index in [9.17, 15) is 0 Å². The number of fused-ring (bicyclic) bond motifs is 1. The van der Waals surface area contributed by atoms with Crippen molar-refractivity contribution in [1.82, 2.24) is 9.97 Å². The van der Waals surface area contributed by atoms with Crippen molar-refractivity contribution in [3.8, 4) is 11.4 Å². The molecule has 1 heterocycles. The number of nitrogens with zero attached hydrogens (tertiary/aromatic N) is 2. The minimum Gasteiger partial charge on any atom is -1.00 e. The van der Waals surface area contributed by atoms with E-state index >= 15 is 0 Å². The van der Waals surface area contributed by atoms with Crippen molar-refractivity contribution in [3.63, 3.8) is 0 Å². The highest BCUT2D eigenvalue weighted by Gasteiger charge is 2.09. The summed E-state index contributed by atoms with van der Waals surface area (Å²) in [6.45, 7) is 1.93. The largest absolute Gasteiger partial charge is 1.00 e. The summed E-state index contributed by atoms with van der Waals surface area (Å²) in [6.07, 6.45) is 0. The van der Waals surface area contributed by atoms with Crippen LogP contribution in [0.2, 0.25) is 0 Å². The lowest BCUT2D eigenvalue weighted by atomic mass is 10.2. The molecule has 1 aromatic heterocycles. The Morgan fingerprint density at radius 2 is 1.61 bits per heavy atom. The fourth-order valence-corrected chi connectivity index (χ4v) is 2.36. The van der Waals surface area contributed by atoms with Gasteiger partial charge in [0.15, 0.2) is 5.82 Å². The van der Waals surface area contributed by atoms with Crippen molar-refractivity contribution >= 4 is 16.7 Å². The summed E-state index contributed by atoms with van der Waals surface area (Å²) in [7, 11) is 4.30. The second-order valence-corrected chi connectivity index (χ2v) is 5.66. The standard InChI is InChI=1S/C18H20N4.ClH/c1-22(2)13-12-19-18-15-10-6-7-11-16(15)20-17(21-18)14-8-4-3-5-9-14;/h3-11H,12-13H2,1-2H3,(H,19,20,21);1H. The van der Waals surface area contributed by atoms with Crippen molar-refractivity contribution in [2.75, 3.05) is 32.5 Å². The highest BCUT2D eigenvalue weighted by atomic mass is 35.5. The zero-order valence-corrected chi connectivity index (χ0v) is 14.1. The van der Waals surface area contributed by atoms with Crippen LogP contribution in [0.5, 0.6) is 0 Å². The fourth-order valence-electron chi connectivity index (χ4n) is 2.36. The van der Waals surface area contributed by atoms with Gasteiger partial charge in [-0.15, -0.1) is 0 Å². The Morgan fingerprint density at radius 1 is 0.913 bits per heavy atom. The first kappa shape index (κ1) is 17.2. The number of benzene rings is 2. The van der Waals surface area contributed by atoms with Crippen LogP contribution in [0.25, 0.3) is 22.3 Å². The number of likely N-dealkylation sites (N-methyl/N-ethyl adjacent to an activating group) is 1. The first-order chi connectivity index (χ1) is 10.7. The zero-order valence-electron chi connectivity index (χ0n) is 13.4. The summed E-state index contributed by atoms with van der Waals surface area (Å²) >= 11 is 0. The summed E-state index contributed by atoms with van der Waals surface area (Å²) < 4.78 is 0. The van der Waals surface area contributed by atoms with Crippen molar-refractivity contribution in [2.45, 2.75) is 0 Å². The molecule has 0 saturated carbocycles. The van der Waals surface area contributed by atoms with Gasteiger partial charge in [-0.25, -0.2) is 9.97 Å². The summed E-state index contributed by atoms with van der Waals surface area (Å²) in [6, 6.07) is 18.2. The number of quaternary nitrogens is 1. The Labute approximate surface area is 143 Å². The number of anilines is 1. The molecule has 0 spiro atoms. The van der Waals surface area contributed by atoms with Gasteiger partial charge in [-0.1, -0.05) is 42.5 Å². The first-order valence-electron chi connectivity index (χ1n) is 7.59. The average molecular weight is 329 g/mol. The van der Waals surface area contributed by atoms with Crippen LogP contribution < -0.4 is 22.6 Å². The monoisotopic (exact) mass is 328 g/mol. The molecule has 0 aliphatic rings. The Bertz CT molecular complexity index is 759. The predicted molar refractivity (Wildman–Crippen MR) is 91.1 cm³/mol. The van der Waals surface area contributed by atoms with E-state index in [1.807, 2.05) is 48.5 Å². The van der Waals surface area contributed by atoms with Gasteiger partial charge in [-0.2, -0.15) is 0 Å². The zero-order chi connectivity index (χ0) is 15.4. The van der Waals surface area contributed by atoms with Gasteiger partial charge in [0.1, 0.15) is 5.82 Å². The van der Waals surface area contributed by atoms with Gasteiger partial charge in [-0.3, -0.25) is 0 Å². The maximum Gasteiger partial charge on any atom is 0.162 e. The van der Waals surface area contributed by atoms with E-state index in [1.54, 1.807) is 0 Å². The second kappa shape index (κ2) is 7.90. The Kier molecular flexibility index (Phi) is 5.90. The van der Waals surface area contributed by atoms with Crippen LogP contribution in [0.15, 0.2) is 54.6 Å². The molecule has 3 aromatic rings. The molecular weight excluding hydrogens is 308 g/mol. The van der Waals surface area contributed by atoms with Crippen molar-refractivity contribution < 1.29 is 17.3 Å². The van der Waals surface area contributed by atoms with Crippen LogP contribution in [-0.4, -0.2) is 37.2 Å². The molecule has 5 heteroatoms. The van der Waals surface area contributed by atoms with Crippen molar-refractivity contribution in [1.29, 1.82) is 0 Å². The number of hydrogen-bond acceptors (Lipinski definition) is 3. The van der Waals surface area contributed by atoms with E-state index in [0.717, 1.165) is 41.2 Å². The summed E-state index contributed by atoms with van der Waals surface area (Å²) in [4.78, 5) is 10.8. The number of rotatable bonds is 5. The highest BCUT2D eigenvalue weighted by molar-refractivity contribution is 5.90. The summed E-state index contributed by atoms with van der Waals surface area (Å²) in [5.74, 6) is 1.67. The van der Waals surface area contributed by atoms with E-state index in [2.05, 4.69) is 25.5 Å². The van der Waals surface area contributed by atoms with Crippen LogP contribution >= 0.6 is 0 Å². The molecule has 23 heavy (non-hydrogen) atoms. The smallest absolute Gasteiger partial charge is 0.162 e. The molecule has 0 aliphatic heterocycles. The highest BCUT2D eigenvalue weighted by Crippen LogP contribution is 2.24. The first-order valence-corrected chi connectivity index (χ1v) is 7.59. The molecule has 0 saturated heterocycles. The van der Waals surface area contributed by atoms with Gasteiger partial charge in [0.2, 0.25) is 0 Å². The maximum absolute atomic E-state index is 4.74. The molecule has 2 N–H and O–H groups in total. The third-order valence-corrected chi connectivity index (χ3v) is 3.55. The summed E-state index contributed by atoms with van der Waals surface area (Å²) in [5.41, 5.74) is 2.01. The van der Waals surface area contributed by atoms with Gasteiger partial charge in [0, 0.05) is 10.9 Å². The van der Waals surface area contributed by atoms with Crippen molar-refractivity contribution in [3.05, 3.63) is 54.6 Å². The molecule has 0 atom stereocenters. The molecule has 0 bridgehead atoms. The van der Waals surface area contributed by atoms with Gasteiger partial charge in [0.05, 0.1) is 32.7 Å². The molecule has 0 amide bonds. The second-order valence-electron chi connectivity index (χ2n) is 5.66. The SMILES string of the molecule is C[NH+](C)CCNc1nc(-c2ccccc2)nc2ccccc12.[Cl-]. The Hall–Kier alpha value is -2.17. The minimum atomic E-state index is 0. The molecule has 0 aliphatic carbocycles. The number of aromatic nitrogens is 2. The van der Waals surface area contributed by atoms with Gasteiger partial charge in [0.25, 0.3) is 0 Å². The number of hydrogen-bond donors (Lipinski definition) is 2.